The molecule has 0 radical (unpaired) electrons. The summed E-state index contributed by atoms with van der Waals surface area (Å²) in [5, 5.41) is 13.7. The number of ether oxygens (including phenoxy) is 2. The lowest BCUT2D eigenvalue weighted by Crippen LogP contribution is -2.50. The summed E-state index contributed by atoms with van der Waals surface area (Å²) < 4.78 is 10.6. The van der Waals surface area contributed by atoms with Gasteiger partial charge < -0.3 is 24.8 Å². The third kappa shape index (κ3) is 7.56. The number of hydrogen-bond acceptors (Lipinski definition) is 5. The Morgan fingerprint density at radius 2 is 2.14 bits per heavy atom. The Labute approximate surface area is 130 Å². The predicted molar refractivity (Wildman–Crippen MR) is 85.6 cm³/mol. The number of piperidine rings is 1. The van der Waals surface area contributed by atoms with Gasteiger partial charge in [0.1, 0.15) is 0 Å². The van der Waals surface area contributed by atoms with Crippen LogP contribution in [-0.4, -0.2) is 74.8 Å². The van der Waals surface area contributed by atoms with E-state index < -0.39 is 6.10 Å². The van der Waals surface area contributed by atoms with Gasteiger partial charge in [-0.05, 0) is 38.8 Å². The van der Waals surface area contributed by atoms with Crippen LogP contribution in [0.2, 0.25) is 0 Å². The number of nitrogens with one attached hydrogen (secondary N) is 1. The highest BCUT2D eigenvalue weighted by atomic mass is 16.5. The number of β-amino-alcohol motifs (C(OH)–C–C–N with tert-alkyl or cyclic N) is 1. The number of aliphatic hydroxyl groups is 1. The zero-order valence-corrected chi connectivity index (χ0v) is 14.2. The second-order valence-corrected chi connectivity index (χ2v) is 6.34. The first-order valence-electron chi connectivity index (χ1n) is 8.31. The number of methoxy groups -OCH3 is 1. The SMILES string of the molecule is CCCNC1CCN(CC(O)COC(C)COC)CC1C. The van der Waals surface area contributed by atoms with Gasteiger partial charge >= 0.3 is 0 Å². The summed E-state index contributed by atoms with van der Waals surface area (Å²) in [6, 6.07) is 0.622. The molecule has 0 aliphatic carbocycles. The van der Waals surface area contributed by atoms with Crippen molar-refractivity contribution in [2.45, 2.75) is 51.9 Å². The van der Waals surface area contributed by atoms with Crippen molar-refractivity contribution in [2.24, 2.45) is 5.92 Å². The number of likely N-dealkylation sites (tertiary alicyclic amines) is 1. The molecule has 4 atom stereocenters. The standard InChI is InChI=1S/C16H34N2O3/c1-5-7-17-16-6-8-18(9-13(16)2)10-15(19)12-21-14(3)11-20-4/h13-17,19H,5-12H2,1-4H3. The van der Waals surface area contributed by atoms with Crippen molar-refractivity contribution < 1.29 is 14.6 Å². The van der Waals surface area contributed by atoms with Gasteiger partial charge in [-0.2, -0.15) is 0 Å². The van der Waals surface area contributed by atoms with Crippen LogP contribution in [0.3, 0.4) is 0 Å². The van der Waals surface area contributed by atoms with Gasteiger partial charge in [0.15, 0.2) is 0 Å². The Balaban J connectivity index is 2.21. The van der Waals surface area contributed by atoms with E-state index in [0.717, 1.165) is 26.1 Å². The van der Waals surface area contributed by atoms with E-state index >= 15 is 0 Å². The van der Waals surface area contributed by atoms with Crippen LogP contribution in [0.5, 0.6) is 0 Å². The zero-order valence-electron chi connectivity index (χ0n) is 14.2. The molecule has 1 heterocycles. The van der Waals surface area contributed by atoms with Crippen molar-refractivity contribution >= 4 is 0 Å². The second-order valence-electron chi connectivity index (χ2n) is 6.34. The summed E-state index contributed by atoms with van der Waals surface area (Å²) in [6.45, 7) is 11.3. The molecule has 1 fully saturated rings. The third-order valence-electron chi connectivity index (χ3n) is 4.09. The van der Waals surface area contributed by atoms with E-state index in [2.05, 4.69) is 24.1 Å². The zero-order chi connectivity index (χ0) is 15.7. The maximum Gasteiger partial charge on any atom is 0.0900 e. The van der Waals surface area contributed by atoms with E-state index in [0.29, 0.717) is 31.7 Å². The van der Waals surface area contributed by atoms with Gasteiger partial charge in [0.25, 0.3) is 0 Å². The summed E-state index contributed by atoms with van der Waals surface area (Å²) in [4.78, 5) is 2.35. The van der Waals surface area contributed by atoms with Crippen molar-refractivity contribution in [2.75, 3.05) is 46.5 Å². The van der Waals surface area contributed by atoms with Crippen LogP contribution in [0.1, 0.15) is 33.6 Å². The van der Waals surface area contributed by atoms with Crippen LogP contribution in [0.15, 0.2) is 0 Å². The minimum absolute atomic E-state index is 0.0348. The first kappa shape index (κ1) is 18.8. The molecule has 5 heteroatoms. The number of hydrogen-bond donors (Lipinski definition) is 2. The van der Waals surface area contributed by atoms with Crippen molar-refractivity contribution in [1.29, 1.82) is 0 Å². The number of nitrogens with zero attached hydrogens (tertiary/aromatic N) is 1. The topological polar surface area (TPSA) is 54.0 Å². The summed E-state index contributed by atoms with van der Waals surface area (Å²) in [5.74, 6) is 0.630. The smallest absolute Gasteiger partial charge is 0.0900 e. The fourth-order valence-electron chi connectivity index (χ4n) is 2.94. The van der Waals surface area contributed by atoms with Crippen LogP contribution in [0.25, 0.3) is 0 Å². The molecular formula is C16H34N2O3. The van der Waals surface area contributed by atoms with E-state index in [-0.39, 0.29) is 6.10 Å². The van der Waals surface area contributed by atoms with E-state index in [1.165, 1.54) is 6.42 Å². The minimum atomic E-state index is -0.420. The molecule has 2 N–H and O–H groups in total. The molecule has 4 unspecified atom stereocenters. The van der Waals surface area contributed by atoms with Gasteiger partial charge in [-0.3, -0.25) is 0 Å². The molecule has 21 heavy (non-hydrogen) atoms. The number of aliphatic hydroxyl groups excluding tert-OH is 1. The van der Waals surface area contributed by atoms with Gasteiger partial charge in [-0.15, -0.1) is 0 Å². The van der Waals surface area contributed by atoms with Crippen LogP contribution in [0.4, 0.5) is 0 Å². The van der Waals surface area contributed by atoms with Crippen molar-refractivity contribution in [3.05, 3.63) is 0 Å². The predicted octanol–water partition coefficient (Wildman–Crippen LogP) is 1.11. The van der Waals surface area contributed by atoms with Gasteiger partial charge in [-0.1, -0.05) is 13.8 Å². The normalized spacial score (nSPS) is 26.7. The van der Waals surface area contributed by atoms with E-state index in [9.17, 15) is 5.11 Å². The maximum atomic E-state index is 10.1. The summed E-state index contributed by atoms with van der Waals surface area (Å²) in [6.07, 6.45) is 1.96. The van der Waals surface area contributed by atoms with Crippen molar-refractivity contribution in [3.8, 4) is 0 Å². The Kier molecular flexibility index (Phi) is 9.44. The second kappa shape index (κ2) is 10.5. The number of rotatable bonds is 10. The monoisotopic (exact) mass is 302 g/mol. The highest BCUT2D eigenvalue weighted by Gasteiger charge is 2.26. The van der Waals surface area contributed by atoms with Crippen LogP contribution in [-0.2, 0) is 9.47 Å². The van der Waals surface area contributed by atoms with E-state index in [1.54, 1.807) is 7.11 Å². The van der Waals surface area contributed by atoms with E-state index in [4.69, 9.17) is 9.47 Å². The fourth-order valence-corrected chi connectivity index (χ4v) is 2.94. The molecule has 0 saturated carbocycles. The Morgan fingerprint density at radius 1 is 1.38 bits per heavy atom. The van der Waals surface area contributed by atoms with Crippen LogP contribution < -0.4 is 5.32 Å². The molecule has 1 rings (SSSR count). The largest absolute Gasteiger partial charge is 0.389 e. The maximum absolute atomic E-state index is 10.1. The Bertz CT molecular complexity index is 266. The molecule has 126 valence electrons. The average molecular weight is 302 g/mol. The van der Waals surface area contributed by atoms with E-state index in [1.807, 2.05) is 6.92 Å². The summed E-state index contributed by atoms with van der Waals surface area (Å²) >= 11 is 0. The van der Waals surface area contributed by atoms with Gasteiger partial charge in [0.2, 0.25) is 0 Å². The quantitative estimate of drug-likeness (QED) is 0.633. The molecule has 1 aliphatic rings. The molecule has 1 saturated heterocycles. The van der Waals surface area contributed by atoms with Gasteiger partial charge in [0, 0.05) is 26.2 Å². The fraction of sp³-hybridized carbons (Fsp3) is 1.00. The van der Waals surface area contributed by atoms with Gasteiger partial charge in [0.05, 0.1) is 25.4 Å². The van der Waals surface area contributed by atoms with Crippen molar-refractivity contribution in [3.63, 3.8) is 0 Å². The summed E-state index contributed by atoms with van der Waals surface area (Å²) in [7, 11) is 1.66. The molecular weight excluding hydrogens is 268 g/mol. The Morgan fingerprint density at radius 3 is 2.76 bits per heavy atom. The lowest BCUT2D eigenvalue weighted by atomic mass is 9.93. The van der Waals surface area contributed by atoms with Crippen LogP contribution in [0, 0.1) is 5.92 Å². The Hall–Kier alpha value is -0.200. The summed E-state index contributed by atoms with van der Waals surface area (Å²) in [5.41, 5.74) is 0. The highest BCUT2D eigenvalue weighted by molar-refractivity contribution is 4.83. The van der Waals surface area contributed by atoms with Crippen molar-refractivity contribution in [1.82, 2.24) is 10.2 Å². The average Bonchev–Trinajstić information content (AvgIpc) is 2.45. The lowest BCUT2D eigenvalue weighted by Gasteiger charge is -2.38. The molecule has 0 aromatic heterocycles. The minimum Gasteiger partial charge on any atom is -0.389 e. The molecule has 1 aliphatic heterocycles. The molecule has 0 amide bonds. The van der Waals surface area contributed by atoms with Gasteiger partial charge in [-0.25, -0.2) is 0 Å². The van der Waals surface area contributed by atoms with Crippen LogP contribution >= 0.6 is 0 Å². The molecule has 0 aromatic rings. The lowest BCUT2D eigenvalue weighted by molar-refractivity contribution is -0.0429. The molecule has 0 aromatic carbocycles. The first-order valence-corrected chi connectivity index (χ1v) is 8.31. The highest BCUT2D eigenvalue weighted by Crippen LogP contribution is 2.17. The third-order valence-corrected chi connectivity index (χ3v) is 4.09. The first-order chi connectivity index (χ1) is 10.1. The molecule has 0 bridgehead atoms. The molecule has 5 nitrogen and oxygen atoms in total. The molecule has 0 spiro atoms.